The van der Waals surface area contributed by atoms with Crippen molar-refractivity contribution in [1.82, 2.24) is 4.90 Å². The molecule has 1 heterocycles. The largest absolute Gasteiger partial charge is 0.325 e. The number of nitrogens with one attached hydrogen (secondary N) is 1. The van der Waals surface area contributed by atoms with E-state index in [9.17, 15) is 9.18 Å². The molecule has 0 spiro atoms. The second-order valence-corrected chi connectivity index (χ2v) is 4.51. The Balaban J connectivity index is 1.99. The lowest BCUT2D eigenvalue weighted by Crippen LogP contribution is -2.38. The molecule has 2 rings (SSSR count). The first-order chi connectivity index (χ1) is 8.16. The van der Waals surface area contributed by atoms with Gasteiger partial charge in [0.1, 0.15) is 5.82 Å². The summed E-state index contributed by atoms with van der Waals surface area (Å²) in [6.07, 6.45) is 3.23. The van der Waals surface area contributed by atoms with Gasteiger partial charge in [0, 0.05) is 18.8 Å². The third-order valence-corrected chi connectivity index (χ3v) is 3.12. The highest BCUT2D eigenvalue weighted by Crippen LogP contribution is 2.19. The fourth-order valence-corrected chi connectivity index (χ4v) is 1.99. The van der Waals surface area contributed by atoms with Crippen LogP contribution in [0.5, 0.6) is 0 Å². The molecule has 0 unspecified atom stereocenters. The summed E-state index contributed by atoms with van der Waals surface area (Å²) in [5, 5.41) is 2.72. The lowest BCUT2D eigenvalue weighted by Gasteiger charge is -2.26. The van der Waals surface area contributed by atoms with E-state index in [0.29, 0.717) is 5.69 Å². The van der Waals surface area contributed by atoms with Gasteiger partial charge in [0.2, 0.25) is 0 Å². The number of amides is 2. The Bertz CT molecular complexity index is 419. The zero-order valence-corrected chi connectivity index (χ0v) is 10.1. The van der Waals surface area contributed by atoms with Crippen molar-refractivity contribution < 1.29 is 9.18 Å². The van der Waals surface area contributed by atoms with Gasteiger partial charge in [-0.2, -0.15) is 0 Å². The van der Waals surface area contributed by atoms with E-state index in [1.807, 2.05) is 0 Å². The molecule has 1 saturated heterocycles. The predicted octanol–water partition coefficient (Wildman–Crippen LogP) is 3.50. The van der Waals surface area contributed by atoms with E-state index in [2.05, 4.69) is 5.32 Å². The minimum absolute atomic E-state index is 0.0565. The fourth-order valence-electron chi connectivity index (χ4n) is 1.87. The average Bonchev–Trinajstić information content (AvgIpc) is 2.35. The van der Waals surface area contributed by atoms with Crippen LogP contribution >= 0.6 is 11.6 Å². The molecule has 1 aromatic rings. The first-order valence-corrected chi connectivity index (χ1v) is 6.05. The van der Waals surface area contributed by atoms with E-state index in [4.69, 9.17) is 11.6 Å². The van der Waals surface area contributed by atoms with E-state index in [1.54, 1.807) is 11.0 Å². The van der Waals surface area contributed by atoms with E-state index in [-0.39, 0.29) is 11.1 Å². The summed E-state index contributed by atoms with van der Waals surface area (Å²) in [5.74, 6) is -0.525. The molecule has 92 valence electrons. The summed E-state index contributed by atoms with van der Waals surface area (Å²) in [4.78, 5) is 13.6. The smallest absolute Gasteiger partial charge is 0.321 e. The molecule has 0 saturated carbocycles. The number of rotatable bonds is 1. The van der Waals surface area contributed by atoms with Crippen LogP contribution in [0.15, 0.2) is 18.2 Å². The topological polar surface area (TPSA) is 32.3 Å². The lowest BCUT2D eigenvalue weighted by molar-refractivity contribution is 0.200. The molecule has 1 N–H and O–H groups in total. The third-order valence-electron chi connectivity index (χ3n) is 2.81. The molecule has 2 amide bonds. The SMILES string of the molecule is O=C(Nc1ccc(Cl)c(F)c1)N1CCCCC1. The summed E-state index contributed by atoms with van der Waals surface area (Å²) in [5.41, 5.74) is 0.433. The Morgan fingerprint density at radius 1 is 1.29 bits per heavy atom. The number of urea groups is 1. The number of likely N-dealkylation sites (tertiary alicyclic amines) is 1. The molecule has 1 fully saturated rings. The van der Waals surface area contributed by atoms with Crippen LogP contribution < -0.4 is 5.32 Å². The number of anilines is 1. The van der Waals surface area contributed by atoms with E-state index >= 15 is 0 Å². The van der Waals surface area contributed by atoms with Gasteiger partial charge in [0.25, 0.3) is 0 Å². The average molecular weight is 257 g/mol. The molecule has 1 aliphatic rings. The molecule has 0 aliphatic carbocycles. The lowest BCUT2D eigenvalue weighted by atomic mass is 10.1. The van der Waals surface area contributed by atoms with E-state index in [1.165, 1.54) is 18.6 Å². The van der Waals surface area contributed by atoms with Gasteiger partial charge in [-0.25, -0.2) is 9.18 Å². The van der Waals surface area contributed by atoms with Crippen LogP contribution in [-0.2, 0) is 0 Å². The van der Waals surface area contributed by atoms with Crippen molar-refractivity contribution in [2.75, 3.05) is 18.4 Å². The third kappa shape index (κ3) is 3.09. The number of halogens is 2. The summed E-state index contributed by atoms with van der Waals surface area (Å²) in [6.45, 7) is 1.53. The highest BCUT2D eigenvalue weighted by Gasteiger charge is 2.16. The summed E-state index contributed by atoms with van der Waals surface area (Å²) in [6, 6.07) is 4.08. The zero-order valence-electron chi connectivity index (χ0n) is 9.38. The van der Waals surface area contributed by atoms with Crippen LogP contribution in [0.1, 0.15) is 19.3 Å². The van der Waals surface area contributed by atoms with Crippen molar-refractivity contribution in [3.63, 3.8) is 0 Å². The van der Waals surface area contributed by atoms with Crippen LogP contribution in [0.2, 0.25) is 5.02 Å². The minimum atomic E-state index is -0.525. The second-order valence-electron chi connectivity index (χ2n) is 4.11. The summed E-state index contributed by atoms with van der Waals surface area (Å²) in [7, 11) is 0. The van der Waals surface area contributed by atoms with Gasteiger partial charge in [-0.1, -0.05) is 11.6 Å². The number of carbonyl (C=O) groups excluding carboxylic acids is 1. The van der Waals surface area contributed by atoms with Gasteiger partial charge in [-0.05, 0) is 37.5 Å². The number of nitrogens with zero attached hydrogens (tertiary/aromatic N) is 1. The Kier molecular flexibility index (Phi) is 3.84. The van der Waals surface area contributed by atoms with Crippen molar-refractivity contribution in [1.29, 1.82) is 0 Å². The maximum Gasteiger partial charge on any atom is 0.321 e. The van der Waals surface area contributed by atoms with Gasteiger partial charge in [-0.3, -0.25) is 0 Å². The number of piperidine rings is 1. The molecule has 0 aromatic heterocycles. The van der Waals surface area contributed by atoms with Crippen LogP contribution in [0.4, 0.5) is 14.9 Å². The quantitative estimate of drug-likeness (QED) is 0.820. The number of hydrogen-bond donors (Lipinski definition) is 1. The minimum Gasteiger partial charge on any atom is -0.325 e. The van der Waals surface area contributed by atoms with Gasteiger partial charge >= 0.3 is 6.03 Å². The number of hydrogen-bond acceptors (Lipinski definition) is 1. The Hall–Kier alpha value is -1.29. The van der Waals surface area contributed by atoms with E-state index < -0.39 is 5.82 Å². The van der Waals surface area contributed by atoms with Crippen LogP contribution in [0, 0.1) is 5.82 Å². The van der Waals surface area contributed by atoms with Crippen molar-refractivity contribution >= 4 is 23.3 Å². The van der Waals surface area contributed by atoms with Gasteiger partial charge in [0.05, 0.1) is 5.02 Å². The molecule has 17 heavy (non-hydrogen) atoms. The molecule has 0 bridgehead atoms. The molecule has 3 nitrogen and oxygen atoms in total. The highest BCUT2D eigenvalue weighted by atomic mass is 35.5. The first kappa shape index (κ1) is 12.2. The Morgan fingerprint density at radius 3 is 2.65 bits per heavy atom. The van der Waals surface area contributed by atoms with Crippen LogP contribution in [0.3, 0.4) is 0 Å². The van der Waals surface area contributed by atoms with Crippen LogP contribution in [-0.4, -0.2) is 24.0 Å². The maximum absolute atomic E-state index is 13.2. The predicted molar refractivity (Wildman–Crippen MR) is 65.9 cm³/mol. The zero-order chi connectivity index (χ0) is 12.3. The van der Waals surface area contributed by atoms with Crippen molar-refractivity contribution in [3.05, 3.63) is 29.0 Å². The van der Waals surface area contributed by atoms with Gasteiger partial charge < -0.3 is 10.2 Å². The van der Waals surface area contributed by atoms with Gasteiger partial charge in [0.15, 0.2) is 0 Å². The molecule has 1 aliphatic heterocycles. The van der Waals surface area contributed by atoms with E-state index in [0.717, 1.165) is 25.9 Å². The monoisotopic (exact) mass is 256 g/mol. The van der Waals surface area contributed by atoms with Crippen molar-refractivity contribution in [2.45, 2.75) is 19.3 Å². The Labute approximate surface area is 105 Å². The van der Waals surface area contributed by atoms with Crippen molar-refractivity contribution in [3.8, 4) is 0 Å². The molecular formula is C12H14ClFN2O. The van der Waals surface area contributed by atoms with Crippen LogP contribution in [0.25, 0.3) is 0 Å². The molecule has 0 radical (unpaired) electrons. The fraction of sp³-hybridized carbons (Fsp3) is 0.417. The molecule has 5 heteroatoms. The molecular weight excluding hydrogens is 243 g/mol. The number of carbonyl (C=O) groups is 1. The Morgan fingerprint density at radius 2 is 2.00 bits per heavy atom. The maximum atomic E-state index is 13.2. The molecule has 1 aromatic carbocycles. The second kappa shape index (κ2) is 5.36. The first-order valence-electron chi connectivity index (χ1n) is 5.68. The summed E-state index contributed by atoms with van der Waals surface area (Å²) < 4.78 is 13.2. The number of benzene rings is 1. The summed E-state index contributed by atoms with van der Waals surface area (Å²) >= 11 is 5.57. The standard InChI is InChI=1S/C12H14ClFN2O/c13-10-5-4-9(8-11(10)14)15-12(17)16-6-2-1-3-7-16/h4-5,8H,1-3,6-7H2,(H,15,17). The highest BCUT2D eigenvalue weighted by molar-refractivity contribution is 6.30. The van der Waals surface area contributed by atoms with Gasteiger partial charge in [-0.15, -0.1) is 0 Å². The normalized spacial score (nSPS) is 15.8. The van der Waals surface area contributed by atoms with Crippen molar-refractivity contribution in [2.24, 2.45) is 0 Å². The molecule has 0 atom stereocenters.